The number of aryl methyl sites for hydroxylation is 2. The zero-order valence-corrected chi connectivity index (χ0v) is 27.0. The van der Waals surface area contributed by atoms with E-state index in [2.05, 4.69) is 10.3 Å². The van der Waals surface area contributed by atoms with Gasteiger partial charge in [0.1, 0.15) is 11.4 Å². The van der Waals surface area contributed by atoms with Crippen LogP contribution in [0.5, 0.6) is 0 Å². The highest BCUT2D eigenvalue weighted by Gasteiger charge is 2.46. The average molecular weight is 659 g/mol. The van der Waals surface area contributed by atoms with Gasteiger partial charge < -0.3 is 20.4 Å². The normalized spacial score (nSPS) is 18.0. The van der Waals surface area contributed by atoms with Gasteiger partial charge in [0.2, 0.25) is 15.9 Å². The van der Waals surface area contributed by atoms with Crippen LogP contribution in [-0.4, -0.2) is 84.6 Å². The third-order valence-corrected chi connectivity index (χ3v) is 9.91. The lowest BCUT2D eigenvalue weighted by Crippen LogP contribution is -2.50. The van der Waals surface area contributed by atoms with E-state index in [-0.39, 0.29) is 50.7 Å². The molecule has 252 valence electrons. The summed E-state index contributed by atoms with van der Waals surface area (Å²) in [6.07, 6.45) is 0.458. The molecule has 2 amide bonds. The molecular formula is C31H45F3N4O6S. The molecule has 2 heterocycles. The number of nitrogens with one attached hydrogen (secondary N) is 1. The Morgan fingerprint density at radius 3 is 2.24 bits per heavy atom. The second-order valence-corrected chi connectivity index (χ2v) is 13.8. The van der Waals surface area contributed by atoms with E-state index in [9.17, 15) is 41.4 Å². The van der Waals surface area contributed by atoms with Crippen LogP contribution in [0.25, 0.3) is 6.08 Å². The van der Waals surface area contributed by atoms with Gasteiger partial charge in [-0.1, -0.05) is 25.7 Å². The molecule has 14 heteroatoms. The maximum absolute atomic E-state index is 13.2. The minimum absolute atomic E-state index is 0.0781. The number of halogens is 3. The number of carbonyl (C=O) groups is 2. The van der Waals surface area contributed by atoms with Gasteiger partial charge in [0.05, 0.1) is 19.3 Å². The van der Waals surface area contributed by atoms with Crippen LogP contribution in [0.3, 0.4) is 0 Å². The van der Waals surface area contributed by atoms with E-state index in [0.29, 0.717) is 29.9 Å². The summed E-state index contributed by atoms with van der Waals surface area (Å²) in [7, 11) is -3.80. The molecule has 1 unspecified atom stereocenters. The van der Waals surface area contributed by atoms with Gasteiger partial charge in [-0.2, -0.15) is 17.5 Å². The van der Waals surface area contributed by atoms with Crippen LogP contribution in [0, 0.1) is 13.8 Å². The zero-order valence-electron chi connectivity index (χ0n) is 26.2. The van der Waals surface area contributed by atoms with Crippen LogP contribution < -0.4 is 10.2 Å². The lowest BCUT2D eigenvalue weighted by Gasteiger charge is -2.34. The molecule has 0 radical (unpaired) electrons. The first-order chi connectivity index (χ1) is 21.1. The SMILES string of the molecule is CC(=O)N(CC(O)CO)c1cc(C)c(C=CS(=O)(=O)N2CCC3(CC2)N=C(CCCCCCCCC(F)(F)F)NC3=O)c(C)c1. The highest BCUT2D eigenvalue weighted by Crippen LogP contribution is 2.33. The third kappa shape index (κ3) is 10.3. The van der Waals surface area contributed by atoms with Crippen LogP contribution in [0.15, 0.2) is 22.5 Å². The van der Waals surface area contributed by atoms with Crippen LogP contribution >= 0.6 is 0 Å². The first-order valence-corrected chi connectivity index (χ1v) is 16.9. The summed E-state index contributed by atoms with van der Waals surface area (Å²) >= 11 is 0. The quantitative estimate of drug-likeness (QED) is 0.240. The molecule has 3 rings (SSSR count). The molecule has 1 spiro atoms. The van der Waals surface area contributed by atoms with Crippen LogP contribution in [0.2, 0.25) is 0 Å². The Balaban J connectivity index is 1.55. The number of unbranched alkanes of at least 4 members (excludes halogenated alkanes) is 5. The smallest absolute Gasteiger partial charge is 0.389 e. The van der Waals surface area contributed by atoms with Crippen LogP contribution in [0.1, 0.15) is 87.8 Å². The number of carbonyl (C=O) groups excluding carboxylic acids is 2. The van der Waals surface area contributed by atoms with E-state index in [0.717, 1.165) is 42.2 Å². The van der Waals surface area contributed by atoms with E-state index in [4.69, 9.17) is 0 Å². The lowest BCUT2D eigenvalue weighted by molar-refractivity contribution is -0.135. The van der Waals surface area contributed by atoms with Crippen molar-refractivity contribution in [2.45, 2.75) is 103 Å². The van der Waals surface area contributed by atoms with Crippen molar-refractivity contribution >= 4 is 39.4 Å². The summed E-state index contributed by atoms with van der Waals surface area (Å²) in [4.78, 5) is 31.0. The summed E-state index contributed by atoms with van der Waals surface area (Å²) < 4.78 is 64.4. The van der Waals surface area contributed by atoms with Crippen molar-refractivity contribution in [3.63, 3.8) is 0 Å². The number of nitrogens with zero attached hydrogens (tertiary/aromatic N) is 3. The van der Waals surface area contributed by atoms with Crippen molar-refractivity contribution in [3.05, 3.63) is 34.2 Å². The lowest BCUT2D eigenvalue weighted by atomic mass is 9.89. The van der Waals surface area contributed by atoms with Gasteiger partial charge in [0.25, 0.3) is 5.91 Å². The molecule has 1 atom stereocenters. The minimum atomic E-state index is -4.10. The molecular weight excluding hydrogens is 613 g/mol. The summed E-state index contributed by atoms with van der Waals surface area (Å²) in [6, 6.07) is 3.45. The van der Waals surface area contributed by atoms with Gasteiger partial charge in [0.15, 0.2) is 0 Å². The Morgan fingerprint density at radius 2 is 1.69 bits per heavy atom. The number of sulfonamides is 1. The Hall–Kier alpha value is -2.81. The minimum Gasteiger partial charge on any atom is -0.394 e. The van der Waals surface area contributed by atoms with Crippen molar-refractivity contribution in [1.29, 1.82) is 0 Å². The number of piperidine rings is 1. The predicted molar refractivity (Wildman–Crippen MR) is 167 cm³/mol. The molecule has 45 heavy (non-hydrogen) atoms. The van der Waals surface area contributed by atoms with Crippen molar-refractivity contribution in [3.8, 4) is 0 Å². The standard InChI is InChI=1S/C31H45F3N4O6S/c1-22-18-25(38(24(3)40)20-26(41)21-39)19-23(2)27(22)11-17-45(43,44)37-15-13-30(14-16-37)29(42)35-28(36-30)10-8-6-4-5-7-9-12-31(32,33)34/h11,17-19,26,39,41H,4-10,12-16,20-21H2,1-3H3,(H,35,36,42). The van der Waals surface area contributed by atoms with E-state index in [1.165, 1.54) is 22.2 Å². The number of aliphatic imine (C=N–C) groups is 1. The van der Waals surface area contributed by atoms with Crippen molar-refractivity contribution in [1.82, 2.24) is 9.62 Å². The third-order valence-electron chi connectivity index (χ3n) is 8.34. The number of hydrogen-bond acceptors (Lipinski definition) is 7. The number of hydrogen-bond donors (Lipinski definition) is 3. The van der Waals surface area contributed by atoms with Gasteiger partial charge in [-0.3, -0.25) is 14.6 Å². The van der Waals surface area contributed by atoms with Crippen molar-refractivity contribution in [2.24, 2.45) is 4.99 Å². The first kappa shape index (κ1) is 36.7. The number of rotatable bonds is 15. The molecule has 1 saturated heterocycles. The molecule has 2 aliphatic heterocycles. The summed E-state index contributed by atoms with van der Waals surface area (Å²) in [5.41, 5.74) is 1.67. The molecule has 0 aliphatic carbocycles. The highest BCUT2D eigenvalue weighted by molar-refractivity contribution is 7.92. The molecule has 3 N–H and O–H groups in total. The molecule has 1 aromatic rings. The summed E-state index contributed by atoms with van der Waals surface area (Å²) in [6.45, 7) is 4.64. The fourth-order valence-corrected chi connectivity index (χ4v) is 6.94. The Labute approximate surface area is 263 Å². The molecule has 0 aromatic heterocycles. The van der Waals surface area contributed by atoms with Crippen molar-refractivity contribution in [2.75, 3.05) is 31.1 Å². The Morgan fingerprint density at radius 1 is 1.11 bits per heavy atom. The van der Waals surface area contributed by atoms with Gasteiger partial charge in [-0.05, 0) is 74.4 Å². The number of aliphatic hydroxyl groups excluding tert-OH is 2. The average Bonchev–Trinajstić information content (AvgIpc) is 3.25. The first-order valence-electron chi connectivity index (χ1n) is 15.4. The number of anilines is 1. The number of amides is 2. The largest absolute Gasteiger partial charge is 0.394 e. The number of amidine groups is 1. The monoisotopic (exact) mass is 658 g/mol. The maximum Gasteiger partial charge on any atom is 0.389 e. The van der Waals surface area contributed by atoms with Gasteiger partial charge in [-0.15, -0.1) is 0 Å². The zero-order chi connectivity index (χ0) is 33.4. The van der Waals surface area contributed by atoms with Crippen molar-refractivity contribution < 1.29 is 41.4 Å². The van der Waals surface area contributed by atoms with E-state index in [1.807, 2.05) is 0 Å². The van der Waals surface area contributed by atoms with Gasteiger partial charge in [-0.25, -0.2) is 8.42 Å². The topological polar surface area (TPSA) is 140 Å². The Kier molecular flexibility index (Phi) is 12.8. The van der Waals surface area contributed by atoms with Gasteiger partial charge >= 0.3 is 6.18 Å². The molecule has 0 saturated carbocycles. The summed E-state index contributed by atoms with van der Waals surface area (Å²) in [5, 5.41) is 23.0. The molecule has 10 nitrogen and oxygen atoms in total. The second kappa shape index (κ2) is 15.7. The van der Waals surface area contributed by atoms with E-state index < -0.39 is 40.9 Å². The number of aliphatic hydroxyl groups is 2. The van der Waals surface area contributed by atoms with Crippen LogP contribution in [-0.2, 0) is 19.6 Å². The molecule has 1 aromatic carbocycles. The number of benzene rings is 1. The fraction of sp³-hybridized carbons (Fsp3) is 0.645. The highest BCUT2D eigenvalue weighted by atomic mass is 32.2. The molecule has 0 bridgehead atoms. The molecule has 1 fully saturated rings. The van der Waals surface area contributed by atoms with E-state index >= 15 is 0 Å². The van der Waals surface area contributed by atoms with Crippen LogP contribution in [0.4, 0.5) is 18.9 Å². The van der Waals surface area contributed by atoms with E-state index in [1.54, 1.807) is 26.0 Å². The summed E-state index contributed by atoms with van der Waals surface area (Å²) in [5.74, 6) is 0.0467. The van der Waals surface area contributed by atoms with Gasteiger partial charge in [0, 0.05) is 44.0 Å². The maximum atomic E-state index is 13.2. The fourth-order valence-electron chi connectivity index (χ4n) is 5.77. The molecule has 2 aliphatic rings. The number of alkyl halides is 3. The Bertz CT molecular complexity index is 1350. The second-order valence-electron chi connectivity index (χ2n) is 12.0. The predicted octanol–water partition coefficient (Wildman–Crippen LogP) is 4.36.